The maximum Gasteiger partial charge on any atom is 0.390 e. The number of H-pyrrole nitrogens is 1. The predicted molar refractivity (Wildman–Crippen MR) is 92.4 cm³/mol. The molecule has 0 aliphatic heterocycles. The first kappa shape index (κ1) is 19.3. The summed E-state index contributed by atoms with van der Waals surface area (Å²) in [7, 11) is 0. The second kappa shape index (κ2) is 7.25. The zero-order valence-corrected chi connectivity index (χ0v) is 14.1. The van der Waals surface area contributed by atoms with Gasteiger partial charge in [-0.3, -0.25) is 9.59 Å². The van der Waals surface area contributed by atoms with Crippen LogP contribution in [0.1, 0.15) is 12.0 Å². The van der Waals surface area contributed by atoms with Crippen molar-refractivity contribution in [2.24, 2.45) is 5.73 Å². The van der Waals surface area contributed by atoms with Crippen molar-refractivity contribution in [1.29, 1.82) is 0 Å². The molecule has 0 unspecified atom stereocenters. The normalized spacial score (nSPS) is 12.1. The van der Waals surface area contributed by atoms with E-state index in [2.05, 4.69) is 15.0 Å². The molecule has 0 aromatic carbocycles. The Balaban J connectivity index is 2.04. The Morgan fingerprint density at radius 2 is 2.11 bits per heavy atom. The van der Waals surface area contributed by atoms with Crippen LogP contribution in [0.4, 0.5) is 17.6 Å². The summed E-state index contributed by atoms with van der Waals surface area (Å²) in [5, 5.41) is 0. The summed E-state index contributed by atoms with van der Waals surface area (Å²) >= 11 is 0. The fourth-order valence-electron chi connectivity index (χ4n) is 2.50. The van der Waals surface area contributed by atoms with Crippen molar-refractivity contribution >= 4 is 23.1 Å². The first-order chi connectivity index (χ1) is 13.1. The number of pyridine rings is 1. The molecule has 146 valence electrons. The molecule has 0 bridgehead atoms. The van der Waals surface area contributed by atoms with Gasteiger partial charge in [0.05, 0.1) is 18.3 Å². The molecule has 11 heteroatoms. The maximum atomic E-state index is 14.0. The van der Waals surface area contributed by atoms with Crippen molar-refractivity contribution in [3.05, 3.63) is 52.5 Å². The van der Waals surface area contributed by atoms with Crippen LogP contribution in [0, 0.1) is 5.82 Å². The van der Waals surface area contributed by atoms with E-state index in [1.54, 1.807) is 0 Å². The summed E-state index contributed by atoms with van der Waals surface area (Å²) in [5.41, 5.74) is 5.31. The van der Waals surface area contributed by atoms with E-state index < -0.39 is 36.4 Å². The number of carbonyl (C=O) groups excluding carboxylic acids is 1. The Morgan fingerprint density at radius 1 is 1.36 bits per heavy atom. The van der Waals surface area contributed by atoms with Crippen LogP contribution in [0.3, 0.4) is 0 Å². The maximum absolute atomic E-state index is 14.0. The topological polar surface area (TPSA) is 107 Å². The van der Waals surface area contributed by atoms with Gasteiger partial charge < -0.3 is 15.3 Å². The zero-order valence-electron chi connectivity index (χ0n) is 14.1. The Labute approximate surface area is 154 Å². The van der Waals surface area contributed by atoms with Crippen molar-refractivity contribution in [3.63, 3.8) is 0 Å². The number of amides is 1. The molecule has 0 fully saturated rings. The number of aromatic nitrogens is 4. The quantitative estimate of drug-likeness (QED) is 0.511. The molecular weight excluding hydrogens is 382 g/mol. The van der Waals surface area contributed by atoms with Gasteiger partial charge in [0.25, 0.3) is 5.56 Å². The van der Waals surface area contributed by atoms with Crippen molar-refractivity contribution in [1.82, 2.24) is 19.5 Å². The highest BCUT2D eigenvalue weighted by Gasteiger charge is 2.27. The van der Waals surface area contributed by atoms with E-state index in [0.717, 1.165) is 18.3 Å². The molecule has 3 aromatic heterocycles. The van der Waals surface area contributed by atoms with Crippen molar-refractivity contribution in [2.75, 3.05) is 0 Å². The second-order valence-corrected chi connectivity index (χ2v) is 5.87. The average Bonchev–Trinajstić information content (AvgIpc) is 3.02. The van der Waals surface area contributed by atoms with Crippen molar-refractivity contribution < 1.29 is 22.4 Å². The number of fused-ring (bicyclic) bond motifs is 1. The third-order valence-electron chi connectivity index (χ3n) is 3.81. The summed E-state index contributed by atoms with van der Waals surface area (Å²) in [5.74, 6) is -1.87. The van der Waals surface area contributed by atoms with Gasteiger partial charge in [-0.15, -0.1) is 0 Å². The third kappa shape index (κ3) is 4.24. The van der Waals surface area contributed by atoms with E-state index in [1.165, 1.54) is 18.5 Å². The lowest BCUT2D eigenvalue weighted by Crippen LogP contribution is -2.25. The number of rotatable bonds is 5. The number of aryl methyl sites for hydroxylation is 1. The molecule has 0 spiro atoms. The molecule has 3 N–H and O–H groups in total. The van der Waals surface area contributed by atoms with E-state index in [0.29, 0.717) is 21.3 Å². The minimum Gasteiger partial charge on any atom is -0.366 e. The average molecular weight is 395 g/mol. The van der Waals surface area contributed by atoms with Crippen LogP contribution in [0.25, 0.3) is 28.5 Å². The number of nitrogens with two attached hydrogens (primary N) is 1. The van der Waals surface area contributed by atoms with E-state index in [1.807, 2.05) is 0 Å². The summed E-state index contributed by atoms with van der Waals surface area (Å²) in [6, 6.07) is 0.883. The molecule has 0 aliphatic rings. The van der Waals surface area contributed by atoms with E-state index >= 15 is 0 Å². The number of carbonyl (C=O) groups is 1. The van der Waals surface area contributed by atoms with Crippen LogP contribution in [-0.4, -0.2) is 31.6 Å². The van der Waals surface area contributed by atoms with Gasteiger partial charge in [0.1, 0.15) is 5.52 Å². The van der Waals surface area contributed by atoms with E-state index in [-0.39, 0.29) is 11.3 Å². The van der Waals surface area contributed by atoms with Gasteiger partial charge in [0.15, 0.2) is 11.5 Å². The molecule has 3 aromatic rings. The molecule has 0 atom stereocenters. The number of primary amides is 1. The summed E-state index contributed by atoms with van der Waals surface area (Å²) in [4.78, 5) is 33.9. The minimum absolute atomic E-state index is 0.0831. The first-order valence-corrected chi connectivity index (χ1v) is 7.93. The molecular formula is C17H13F4N5O2. The first-order valence-electron chi connectivity index (χ1n) is 7.93. The number of hydrogen-bond donors (Lipinski definition) is 2. The lowest BCUT2D eigenvalue weighted by atomic mass is 10.2. The molecule has 0 saturated heterocycles. The van der Waals surface area contributed by atoms with Crippen molar-refractivity contribution in [3.8, 4) is 11.3 Å². The Hall–Kier alpha value is -3.50. The molecule has 28 heavy (non-hydrogen) atoms. The molecule has 3 heterocycles. The molecule has 3 rings (SSSR count). The van der Waals surface area contributed by atoms with Crippen LogP contribution >= 0.6 is 0 Å². The SMILES string of the molecule is NC(=O)C=Cc1c[nH]c2ncc(-c3cc(F)c(=O)n(CCC(F)(F)F)c3)nc12. The predicted octanol–water partition coefficient (Wildman–Crippen LogP) is 2.38. The van der Waals surface area contributed by atoms with Gasteiger partial charge in [-0.05, 0) is 12.1 Å². The Morgan fingerprint density at radius 3 is 2.79 bits per heavy atom. The number of alkyl halides is 3. The van der Waals surface area contributed by atoms with Crippen LogP contribution in [0.15, 0.2) is 35.5 Å². The Kier molecular flexibility index (Phi) is 4.99. The van der Waals surface area contributed by atoms with Gasteiger partial charge in [0.2, 0.25) is 5.91 Å². The number of nitrogens with zero attached hydrogens (tertiary/aromatic N) is 3. The second-order valence-electron chi connectivity index (χ2n) is 5.87. The minimum atomic E-state index is -4.49. The smallest absolute Gasteiger partial charge is 0.366 e. The summed E-state index contributed by atoms with van der Waals surface area (Å²) < 4.78 is 51.9. The van der Waals surface area contributed by atoms with Gasteiger partial charge in [-0.2, -0.15) is 13.2 Å². The number of hydrogen-bond acceptors (Lipinski definition) is 4. The highest BCUT2D eigenvalue weighted by atomic mass is 19.4. The van der Waals surface area contributed by atoms with Crippen LogP contribution < -0.4 is 11.3 Å². The fraction of sp³-hybridized carbons (Fsp3) is 0.176. The third-order valence-corrected chi connectivity index (χ3v) is 3.81. The number of halogens is 4. The lowest BCUT2D eigenvalue weighted by molar-refractivity contribution is -0.136. The lowest BCUT2D eigenvalue weighted by Gasteiger charge is -2.10. The number of nitrogens with one attached hydrogen (secondary N) is 1. The molecule has 0 radical (unpaired) electrons. The standard InChI is InChI=1S/C17H13F4N5O2/c18-11-5-10(8-26(16(11)28)4-3-17(19,20)21)12-7-24-15-14(25-12)9(6-23-15)1-2-13(22)27/h1-2,5-8H,3-4H2,(H2,22,27)(H,23,24). The molecule has 0 aliphatic carbocycles. The van der Waals surface area contributed by atoms with Gasteiger partial charge in [0, 0.05) is 36.1 Å². The van der Waals surface area contributed by atoms with Crippen LogP contribution in [0.5, 0.6) is 0 Å². The largest absolute Gasteiger partial charge is 0.390 e. The van der Waals surface area contributed by atoms with E-state index in [9.17, 15) is 27.2 Å². The zero-order chi connectivity index (χ0) is 20.5. The van der Waals surface area contributed by atoms with Crippen LogP contribution in [-0.2, 0) is 11.3 Å². The highest BCUT2D eigenvalue weighted by molar-refractivity contribution is 5.93. The van der Waals surface area contributed by atoms with Gasteiger partial charge >= 0.3 is 6.18 Å². The Bertz CT molecular complexity index is 1130. The molecule has 0 saturated carbocycles. The van der Waals surface area contributed by atoms with Crippen molar-refractivity contribution in [2.45, 2.75) is 19.1 Å². The molecule has 1 amide bonds. The van der Waals surface area contributed by atoms with Crippen LogP contribution in [0.2, 0.25) is 0 Å². The number of aromatic amines is 1. The monoisotopic (exact) mass is 395 g/mol. The summed E-state index contributed by atoms with van der Waals surface area (Å²) in [6.07, 6.45) is 0.668. The molecule has 7 nitrogen and oxygen atoms in total. The van der Waals surface area contributed by atoms with Gasteiger partial charge in [-0.25, -0.2) is 14.4 Å². The van der Waals surface area contributed by atoms with E-state index in [4.69, 9.17) is 5.73 Å². The fourth-order valence-corrected chi connectivity index (χ4v) is 2.50. The summed E-state index contributed by atoms with van der Waals surface area (Å²) in [6.45, 7) is -0.723. The highest BCUT2D eigenvalue weighted by Crippen LogP contribution is 2.23. The van der Waals surface area contributed by atoms with Gasteiger partial charge in [-0.1, -0.05) is 0 Å².